The zero-order valence-electron chi connectivity index (χ0n) is 13.5. The molecule has 0 radical (unpaired) electrons. The highest BCUT2D eigenvalue weighted by Crippen LogP contribution is 2.22. The average molecular weight is 329 g/mol. The van der Waals surface area contributed by atoms with Crippen molar-refractivity contribution in [2.45, 2.75) is 33.7 Å². The van der Waals surface area contributed by atoms with Crippen LogP contribution in [0.25, 0.3) is 11.3 Å². The number of nitrogens with zero attached hydrogens (tertiary/aromatic N) is 2. The molecule has 3 rings (SSSR count). The van der Waals surface area contributed by atoms with Crippen molar-refractivity contribution >= 4 is 5.91 Å². The maximum absolute atomic E-state index is 11.0. The molecule has 130 valence electrons. The molecule has 1 N–H and O–H groups in total. The van der Waals surface area contributed by atoms with Gasteiger partial charge in [-0.15, -0.1) is 0 Å². The monoisotopic (exact) mass is 329 g/mol. The van der Waals surface area contributed by atoms with E-state index in [2.05, 4.69) is 15.4 Å². The van der Waals surface area contributed by atoms with Crippen LogP contribution < -0.4 is 5.32 Å². The summed E-state index contributed by atoms with van der Waals surface area (Å²) in [6.07, 6.45) is 2.22. The second kappa shape index (κ2) is 8.64. The molecule has 0 atom stereocenters. The number of hydrogen-bond acceptors (Lipinski definition) is 4. The Morgan fingerprint density at radius 1 is 1.29 bits per heavy atom. The fourth-order valence-corrected chi connectivity index (χ4v) is 2.99. The lowest BCUT2D eigenvalue weighted by molar-refractivity contribution is -0.119. The molecule has 1 aliphatic rings. The van der Waals surface area contributed by atoms with Crippen molar-refractivity contribution in [3.05, 3.63) is 42.2 Å². The summed E-state index contributed by atoms with van der Waals surface area (Å²) in [6, 6.07) is 12.1. The van der Waals surface area contributed by atoms with Crippen molar-refractivity contribution in [2.24, 2.45) is 5.92 Å². The number of hydrogen-bond donors (Lipinski definition) is 1. The van der Waals surface area contributed by atoms with Gasteiger partial charge in [-0.05, 0) is 31.8 Å². The Morgan fingerprint density at radius 3 is 2.67 bits per heavy atom. The molecule has 1 fully saturated rings. The van der Waals surface area contributed by atoms with Crippen LogP contribution in [0.4, 0.5) is 0 Å². The van der Waals surface area contributed by atoms with Gasteiger partial charge in [0.25, 0.3) is 0 Å². The first-order valence-electron chi connectivity index (χ1n) is 8.18. The number of carbonyl (C=O) groups excluding carboxylic acids is 1. The van der Waals surface area contributed by atoms with Gasteiger partial charge in [-0.1, -0.05) is 42.9 Å². The summed E-state index contributed by atoms with van der Waals surface area (Å²) in [5.74, 6) is 1.55. The van der Waals surface area contributed by atoms with E-state index >= 15 is 0 Å². The van der Waals surface area contributed by atoms with Gasteiger partial charge in [0.05, 0.1) is 6.54 Å². The van der Waals surface area contributed by atoms with Crippen LogP contribution >= 0.6 is 0 Å². The average Bonchev–Trinajstić information content (AvgIpc) is 3.03. The third-order valence-corrected chi connectivity index (χ3v) is 4.35. The van der Waals surface area contributed by atoms with Crippen molar-refractivity contribution in [1.29, 1.82) is 0 Å². The molecule has 1 amide bonds. The Morgan fingerprint density at radius 2 is 2.00 bits per heavy atom. The van der Waals surface area contributed by atoms with Crippen molar-refractivity contribution in [3.63, 3.8) is 0 Å². The molecule has 1 aromatic heterocycles. The number of nitrogens with one attached hydrogen (secondary N) is 1. The summed E-state index contributed by atoms with van der Waals surface area (Å²) in [5, 5.41) is 7.08. The first-order valence-corrected chi connectivity index (χ1v) is 8.18. The van der Waals surface area contributed by atoms with Crippen molar-refractivity contribution in [3.8, 4) is 11.3 Å². The number of rotatable bonds is 5. The Kier molecular flexibility index (Phi) is 6.55. The lowest BCUT2D eigenvalue weighted by Gasteiger charge is -2.31. The maximum atomic E-state index is 11.0. The van der Waals surface area contributed by atoms with Gasteiger partial charge in [-0.2, -0.15) is 0 Å². The number of piperidine rings is 1. The summed E-state index contributed by atoms with van der Waals surface area (Å²) in [7, 11) is 0. The van der Waals surface area contributed by atoms with Gasteiger partial charge < -0.3 is 9.84 Å². The highest BCUT2D eigenvalue weighted by Gasteiger charge is 2.20. The van der Waals surface area contributed by atoms with Crippen LogP contribution in [0.3, 0.4) is 0 Å². The van der Waals surface area contributed by atoms with E-state index in [-0.39, 0.29) is 13.3 Å². The summed E-state index contributed by atoms with van der Waals surface area (Å²) in [6.45, 7) is 5.23. The van der Waals surface area contributed by atoms with Gasteiger partial charge in [0, 0.05) is 25.1 Å². The molecule has 5 heteroatoms. The quantitative estimate of drug-likeness (QED) is 0.914. The SMILES string of the molecule is C.CC(=O)NCC1CCN(Cc2cc(-c3ccccc3)no2)CC1. The normalized spacial score (nSPS) is 15.7. The van der Waals surface area contributed by atoms with Crippen LogP contribution in [0.15, 0.2) is 40.9 Å². The Labute approximate surface area is 144 Å². The molecule has 0 spiro atoms. The standard InChI is InChI=1S/C18H23N3O2.CH4/c1-14(22)19-12-15-7-9-21(10-8-15)13-17-11-18(20-23-17)16-5-3-2-4-6-16;/h2-6,11,15H,7-10,12-13H2,1H3,(H,19,22);1H4. The summed E-state index contributed by atoms with van der Waals surface area (Å²) < 4.78 is 5.48. The topological polar surface area (TPSA) is 58.4 Å². The molecule has 2 aromatic rings. The molecular formula is C19H27N3O2. The van der Waals surface area contributed by atoms with E-state index in [0.717, 1.165) is 56.0 Å². The first kappa shape index (κ1) is 18.2. The number of amides is 1. The largest absolute Gasteiger partial charge is 0.359 e. The highest BCUT2D eigenvalue weighted by atomic mass is 16.5. The van der Waals surface area contributed by atoms with E-state index in [1.54, 1.807) is 6.92 Å². The molecule has 2 heterocycles. The summed E-state index contributed by atoms with van der Waals surface area (Å²) in [5.41, 5.74) is 1.97. The molecular weight excluding hydrogens is 302 g/mol. The zero-order chi connectivity index (χ0) is 16.1. The van der Waals surface area contributed by atoms with Gasteiger partial charge in [0.2, 0.25) is 5.91 Å². The minimum Gasteiger partial charge on any atom is -0.359 e. The number of benzene rings is 1. The smallest absolute Gasteiger partial charge is 0.216 e. The van der Waals surface area contributed by atoms with Crippen molar-refractivity contribution in [1.82, 2.24) is 15.4 Å². The second-order valence-electron chi connectivity index (χ2n) is 6.20. The highest BCUT2D eigenvalue weighted by molar-refractivity contribution is 5.72. The fraction of sp³-hybridized carbons (Fsp3) is 0.474. The Bertz CT molecular complexity index is 631. The molecule has 0 aliphatic carbocycles. The molecule has 1 aliphatic heterocycles. The van der Waals surface area contributed by atoms with E-state index in [4.69, 9.17) is 4.52 Å². The number of aromatic nitrogens is 1. The molecule has 0 saturated carbocycles. The van der Waals surface area contributed by atoms with E-state index < -0.39 is 0 Å². The first-order chi connectivity index (χ1) is 11.2. The minimum atomic E-state index is 0. The fourth-order valence-electron chi connectivity index (χ4n) is 2.99. The van der Waals surface area contributed by atoms with Crippen molar-refractivity contribution in [2.75, 3.05) is 19.6 Å². The van der Waals surface area contributed by atoms with Crippen LogP contribution in [0.2, 0.25) is 0 Å². The van der Waals surface area contributed by atoms with Gasteiger partial charge in [-0.3, -0.25) is 9.69 Å². The predicted octanol–water partition coefficient (Wildman–Crippen LogP) is 3.33. The Hall–Kier alpha value is -2.14. The molecule has 1 aromatic carbocycles. The molecule has 1 saturated heterocycles. The number of likely N-dealkylation sites (tertiary alicyclic amines) is 1. The van der Waals surface area contributed by atoms with Gasteiger partial charge >= 0.3 is 0 Å². The third kappa shape index (κ3) is 4.93. The van der Waals surface area contributed by atoms with Crippen LogP contribution in [0.1, 0.15) is 33.0 Å². The Balaban J connectivity index is 0.00000208. The van der Waals surface area contributed by atoms with Crippen LogP contribution in [-0.2, 0) is 11.3 Å². The van der Waals surface area contributed by atoms with Crippen LogP contribution in [-0.4, -0.2) is 35.6 Å². The van der Waals surface area contributed by atoms with Gasteiger partial charge in [-0.25, -0.2) is 0 Å². The predicted molar refractivity (Wildman–Crippen MR) is 95.4 cm³/mol. The lowest BCUT2D eigenvalue weighted by atomic mass is 9.96. The zero-order valence-corrected chi connectivity index (χ0v) is 13.5. The molecule has 0 bridgehead atoms. The van der Waals surface area contributed by atoms with E-state index in [0.29, 0.717) is 5.92 Å². The lowest BCUT2D eigenvalue weighted by Crippen LogP contribution is -2.37. The summed E-state index contributed by atoms with van der Waals surface area (Å²) in [4.78, 5) is 13.4. The minimum absolute atomic E-state index is 0. The van der Waals surface area contributed by atoms with Crippen LogP contribution in [0, 0.1) is 5.92 Å². The third-order valence-electron chi connectivity index (χ3n) is 4.35. The molecule has 5 nitrogen and oxygen atoms in total. The second-order valence-corrected chi connectivity index (χ2v) is 6.20. The van der Waals surface area contributed by atoms with Crippen molar-refractivity contribution < 1.29 is 9.32 Å². The molecule has 24 heavy (non-hydrogen) atoms. The van der Waals surface area contributed by atoms with Gasteiger partial charge in [0.15, 0.2) is 5.76 Å². The molecule has 0 unspecified atom stereocenters. The van der Waals surface area contributed by atoms with E-state index in [9.17, 15) is 4.79 Å². The van der Waals surface area contributed by atoms with E-state index in [1.807, 2.05) is 36.4 Å². The van der Waals surface area contributed by atoms with Crippen LogP contribution in [0.5, 0.6) is 0 Å². The summed E-state index contributed by atoms with van der Waals surface area (Å²) >= 11 is 0. The number of carbonyl (C=O) groups is 1. The maximum Gasteiger partial charge on any atom is 0.216 e. The van der Waals surface area contributed by atoms with E-state index in [1.165, 1.54) is 0 Å². The van der Waals surface area contributed by atoms with Gasteiger partial charge in [0.1, 0.15) is 5.69 Å².